The van der Waals surface area contributed by atoms with Crippen LogP contribution in [0.25, 0.3) is 0 Å². The van der Waals surface area contributed by atoms with Gasteiger partial charge in [-0.1, -0.05) is 42.5 Å². The van der Waals surface area contributed by atoms with E-state index in [2.05, 4.69) is 5.32 Å². The molecule has 0 spiro atoms. The van der Waals surface area contributed by atoms with Crippen molar-refractivity contribution in [1.29, 1.82) is 0 Å². The number of sulfonamides is 1. The number of hydrogen-bond donors (Lipinski definition) is 1. The number of hydrogen-bond acceptors (Lipinski definition) is 3. The molecule has 6 heteroatoms. The fourth-order valence-electron chi connectivity index (χ4n) is 2.50. The summed E-state index contributed by atoms with van der Waals surface area (Å²) in [5.41, 5.74) is 2.09. The van der Waals surface area contributed by atoms with Gasteiger partial charge in [0.2, 0.25) is 15.9 Å². The smallest absolute Gasteiger partial charge is 0.243 e. The first kappa shape index (κ1) is 18.2. The third kappa shape index (κ3) is 4.21. The topological polar surface area (TPSA) is 66.5 Å². The number of amides is 1. The molecule has 0 unspecified atom stereocenters. The Bertz CT molecular complexity index is 804. The van der Waals surface area contributed by atoms with Gasteiger partial charge >= 0.3 is 0 Å². The Morgan fingerprint density at radius 3 is 2.29 bits per heavy atom. The second-order valence-electron chi connectivity index (χ2n) is 5.72. The molecule has 2 aromatic rings. The van der Waals surface area contributed by atoms with E-state index in [1.807, 2.05) is 38.1 Å². The van der Waals surface area contributed by atoms with Crippen LogP contribution < -0.4 is 5.32 Å². The predicted molar refractivity (Wildman–Crippen MR) is 94.0 cm³/mol. The lowest BCUT2D eigenvalue weighted by molar-refractivity contribution is -0.121. The lowest BCUT2D eigenvalue weighted by atomic mass is 10.0. The summed E-state index contributed by atoms with van der Waals surface area (Å²) in [6, 6.07) is 15.7. The molecule has 1 N–H and O–H groups in total. The van der Waals surface area contributed by atoms with Crippen LogP contribution in [-0.2, 0) is 14.8 Å². The second-order valence-corrected chi connectivity index (χ2v) is 7.76. The van der Waals surface area contributed by atoms with Crippen molar-refractivity contribution in [2.45, 2.75) is 24.8 Å². The van der Waals surface area contributed by atoms with Gasteiger partial charge in [-0.15, -0.1) is 0 Å². The van der Waals surface area contributed by atoms with Gasteiger partial charge in [-0.3, -0.25) is 4.79 Å². The highest BCUT2D eigenvalue weighted by molar-refractivity contribution is 7.89. The maximum atomic E-state index is 12.4. The van der Waals surface area contributed by atoms with Gasteiger partial charge in [0.05, 0.1) is 17.5 Å². The van der Waals surface area contributed by atoms with E-state index in [-0.39, 0.29) is 23.4 Å². The molecule has 24 heavy (non-hydrogen) atoms. The summed E-state index contributed by atoms with van der Waals surface area (Å²) in [7, 11) is -2.27. The average Bonchev–Trinajstić information content (AvgIpc) is 2.55. The third-order valence-corrected chi connectivity index (χ3v) is 5.67. The average molecular weight is 346 g/mol. The number of benzene rings is 2. The van der Waals surface area contributed by atoms with Crippen molar-refractivity contribution >= 4 is 15.9 Å². The molecule has 2 rings (SSSR count). The fourth-order valence-corrected chi connectivity index (χ4v) is 3.65. The van der Waals surface area contributed by atoms with Gasteiger partial charge in [-0.05, 0) is 37.1 Å². The van der Waals surface area contributed by atoms with E-state index in [9.17, 15) is 13.2 Å². The molecule has 0 aliphatic rings. The molecule has 0 fully saturated rings. The highest BCUT2D eigenvalue weighted by atomic mass is 32.2. The fraction of sp³-hybridized carbons (Fsp3) is 0.278. The van der Waals surface area contributed by atoms with Crippen LogP contribution in [0.3, 0.4) is 0 Å². The second kappa shape index (κ2) is 7.59. The Hall–Kier alpha value is -2.18. The minimum atomic E-state index is -3.67. The summed E-state index contributed by atoms with van der Waals surface area (Å²) in [5.74, 6) is -0.340. The number of rotatable bonds is 6. The number of likely N-dealkylation sites (N-methyl/N-ethyl adjacent to an activating group) is 1. The zero-order valence-corrected chi connectivity index (χ0v) is 14.9. The van der Waals surface area contributed by atoms with E-state index < -0.39 is 10.0 Å². The molecule has 5 nitrogen and oxygen atoms in total. The van der Waals surface area contributed by atoms with Crippen molar-refractivity contribution in [2.75, 3.05) is 13.6 Å². The maximum absolute atomic E-state index is 12.4. The summed E-state index contributed by atoms with van der Waals surface area (Å²) >= 11 is 0. The molecule has 1 atom stereocenters. The molecule has 0 radical (unpaired) electrons. The third-order valence-electron chi connectivity index (χ3n) is 3.85. The molecule has 0 heterocycles. The van der Waals surface area contributed by atoms with Gasteiger partial charge in [0.1, 0.15) is 0 Å². The van der Waals surface area contributed by atoms with E-state index in [0.717, 1.165) is 15.4 Å². The number of carbonyl (C=O) groups is 1. The van der Waals surface area contributed by atoms with Gasteiger partial charge in [0.15, 0.2) is 0 Å². The van der Waals surface area contributed by atoms with Gasteiger partial charge < -0.3 is 5.32 Å². The first-order chi connectivity index (χ1) is 11.3. The van der Waals surface area contributed by atoms with Crippen LogP contribution in [0.5, 0.6) is 0 Å². The van der Waals surface area contributed by atoms with Gasteiger partial charge in [-0.2, -0.15) is 4.31 Å². The molecule has 2 aromatic carbocycles. The van der Waals surface area contributed by atoms with Gasteiger partial charge in [0, 0.05) is 7.05 Å². The number of nitrogens with one attached hydrogen (secondary N) is 1. The van der Waals surface area contributed by atoms with Crippen LogP contribution in [0.15, 0.2) is 59.5 Å². The first-order valence-electron chi connectivity index (χ1n) is 7.68. The Labute approximate surface area is 143 Å². The van der Waals surface area contributed by atoms with Gasteiger partial charge in [-0.25, -0.2) is 8.42 Å². The van der Waals surface area contributed by atoms with Crippen molar-refractivity contribution < 1.29 is 13.2 Å². The monoisotopic (exact) mass is 346 g/mol. The zero-order chi connectivity index (χ0) is 17.7. The van der Waals surface area contributed by atoms with Crippen molar-refractivity contribution in [2.24, 2.45) is 0 Å². The summed E-state index contributed by atoms with van der Waals surface area (Å²) < 4.78 is 25.9. The molecule has 0 bridgehead atoms. The summed E-state index contributed by atoms with van der Waals surface area (Å²) in [6.45, 7) is 3.63. The van der Waals surface area contributed by atoms with Crippen molar-refractivity contribution in [3.05, 3.63) is 65.7 Å². The number of aryl methyl sites for hydroxylation is 1. The minimum Gasteiger partial charge on any atom is -0.348 e. The van der Waals surface area contributed by atoms with Crippen molar-refractivity contribution in [1.82, 2.24) is 9.62 Å². The van der Waals surface area contributed by atoms with Crippen LogP contribution in [0.2, 0.25) is 0 Å². The highest BCUT2D eigenvalue weighted by Gasteiger charge is 2.23. The molecule has 0 aromatic heterocycles. The van der Waals surface area contributed by atoms with E-state index in [0.29, 0.717) is 0 Å². The molecule has 0 aliphatic heterocycles. The number of nitrogens with zero attached hydrogens (tertiary/aromatic N) is 1. The Morgan fingerprint density at radius 1 is 1.08 bits per heavy atom. The largest absolute Gasteiger partial charge is 0.348 e. The highest BCUT2D eigenvalue weighted by Crippen LogP contribution is 2.17. The molecule has 0 saturated carbocycles. The van der Waals surface area contributed by atoms with Crippen LogP contribution in [-0.4, -0.2) is 32.2 Å². The maximum Gasteiger partial charge on any atom is 0.243 e. The normalized spacial score (nSPS) is 12.8. The predicted octanol–water partition coefficient (Wildman–Crippen LogP) is 2.49. The Morgan fingerprint density at radius 2 is 1.67 bits per heavy atom. The summed E-state index contributed by atoms with van der Waals surface area (Å²) in [6.07, 6.45) is 0. The Balaban J connectivity index is 2.03. The summed E-state index contributed by atoms with van der Waals surface area (Å²) in [5, 5.41) is 2.85. The van der Waals surface area contributed by atoms with E-state index in [1.165, 1.54) is 19.2 Å². The van der Waals surface area contributed by atoms with Crippen molar-refractivity contribution in [3.8, 4) is 0 Å². The van der Waals surface area contributed by atoms with E-state index >= 15 is 0 Å². The molecule has 0 saturated heterocycles. The van der Waals surface area contributed by atoms with E-state index in [4.69, 9.17) is 0 Å². The first-order valence-corrected chi connectivity index (χ1v) is 9.12. The van der Waals surface area contributed by atoms with Crippen LogP contribution >= 0.6 is 0 Å². The number of carbonyl (C=O) groups excluding carboxylic acids is 1. The molecular formula is C18H22N2O3S. The Kier molecular flexibility index (Phi) is 5.75. The van der Waals surface area contributed by atoms with Crippen molar-refractivity contribution in [3.63, 3.8) is 0 Å². The SMILES string of the molecule is Cc1ccccc1[C@H](C)NC(=O)CN(C)S(=O)(=O)c1ccccc1. The molecule has 0 aliphatic carbocycles. The minimum absolute atomic E-state index is 0.173. The van der Waals surface area contributed by atoms with Gasteiger partial charge in [0.25, 0.3) is 0 Å². The standard InChI is InChI=1S/C18H22N2O3S/c1-14-9-7-8-12-17(14)15(2)19-18(21)13-20(3)24(22,23)16-10-5-4-6-11-16/h4-12,15H,13H2,1-3H3,(H,19,21)/t15-/m0/s1. The quantitative estimate of drug-likeness (QED) is 0.874. The van der Waals surface area contributed by atoms with Crippen LogP contribution in [0, 0.1) is 6.92 Å². The lowest BCUT2D eigenvalue weighted by Gasteiger charge is -2.20. The van der Waals surface area contributed by atoms with E-state index in [1.54, 1.807) is 18.2 Å². The van der Waals surface area contributed by atoms with Crippen LogP contribution in [0.4, 0.5) is 0 Å². The molecular weight excluding hydrogens is 324 g/mol. The van der Waals surface area contributed by atoms with Crippen LogP contribution in [0.1, 0.15) is 24.1 Å². The summed E-state index contributed by atoms with van der Waals surface area (Å²) in [4.78, 5) is 12.4. The lowest BCUT2D eigenvalue weighted by Crippen LogP contribution is -2.39. The zero-order valence-electron chi connectivity index (χ0n) is 14.1. The molecule has 1 amide bonds. The molecule has 128 valence electrons.